The molecular formula is C31H34F3N7. The van der Waals surface area contributed by atoms with Crippen LogP contribution in [-0.4, -0.2) is 51.0 Å². The second-order valence-corrected chi connectivity index (χ2v) is 10.9. The Morgan fingerprint density at radius 3 is 2.32 bits per heavy atom. The molecule has 214 valence electrons. The molecule has 7 nitrogen and oxygen atoms in total. The van der Waals surface area contributed by atoms with Crippen molar-refractivity contribution in [3.63, 3.8) is 0 Å². The second kappa shape index (κ2) is 11.9. The summed E-state index contributed by atoms with van der Waals surface area (Å²) in [4.78, 5) is 11.7. The van der Waals surface area contributed by atoms with E-state index >= 15 is 0 Å². The molecule has 2 aromatic heterocycles. The van der Waals surface area contributed by atoms with Gasteiger partial charge in [-0.2, -0.15) is 18.3 Å². The Morgan fingerprint density at radius 1 is 0.805 bits per heavy atom. The summed E-state index contributed by atoms with van der Waals surface area (Å²) in [5.41, 5.74) is 2.75. The highest BCUT2D eigenvalue weighted by atomic mass is 19.4. The molecule has 2 fully saturated rings. The van der Waals surface area contributed by atoms with Crippen molar-refractivity contribution in [3.05, 3.63) is 84.8 Å². The van der Waals surface area contributed by atoms with E-state index in [-0.39, 0.29) is 6.04 Å². The zero-order valence-electron chi connectivity index (χ0n) is 22.8. The molecule has 4 aromatic rings. The lowest BCUT2D eigenvalue weighted by molar-refractivity contribution is -0.141. The molecule has 0 spiro atoms. The van der Waals surface area contributed by atoms with E-state index in [1.165, 1.54) is 23.7 Å². The number of hydrogen-bond acceptors (Lipinski definition) is 6. The Kier molecular flexibility index (Phi) is 7.91. The fourth-order valence-corrected chi connectivity index (χ4v) is 5.95. The van der Waals surface area contributed by atoms with Gasteiger partial charge in [0.2, 0.25) is 5.95 Å². The minimum absolute atomic E-state index is 0.250. The summed E-state index contributed by atoms with van der Waals surface area (Å²) < 4.78 is 40.1. The second-order valence-electron chi connectivity index (χ2n) is 10.9. The quantitative estimate of drug-likeness (QED) is 0.275. The summed E-state index contributed by atoms with van der Waals surface area (Å²) in [5, 5.41) is 11.3. The van der Waals surface area contributed by atoms with Gasteiger partial charge in [0, 0.05) is 54.9 Å². The van der Waals surface area contributed by atoms with E-state index in [4.69, 9.17) is 4.98 Å². The van der Waals surface area contributed by atoms with Crippen LogP contribution in [0, 0.1) is 0 Å². The molecule has 1 aliphatic carbocycles. The van der Waals surface area contributed by atoms with Crippen LogP contribution in [0.25, 0.3) is 16.9 Å². The van der Waals surface area contributed by atoms with Crippen molar-refractivity contribution in [1.82, 2.24) is 25.1 Å². The molecule has 2 N–H and O–H groups in total. The molecule has 0 bridgehead atoms. The molecule has 10 heteroatoms. The summed E-state index contributed by atoms with van der Waals surface area (Å²) in [6.07, 6.45) is 5.42. The molecular weight excluding hydrogens is 527 g/mol. The molecule has 3 atom stereocenters. The SMILES string of the molecule is FC(F)(F)c1ccn(-c2ccc(N3CCC[C@H](N[C@@H]4CCCC[C@H]4Nc4nccc(-c5ccccc5)n4)C3)cc2)n1. The van der Waals surface area contributed by atoms with E-state index in [1.54, 1.807) is 0 Å². The maximum atomic E-state index is 12.9. The standard InChI is InChI=1S/C31H34F3N7/c32-31(33,34)29-17-20-41(39-29)25-14-12-24(13-15-25)40-19-6-9-23(21-40)36-27-10-4-5-11-28(27)38-30-35-18-16-26(37-30)22-7-2-1-3-8-22/h1-3,7-8,12-18,20,23,27-28,36H,4-6,9-11,19,21H2,(H,35,37,38)/t23-,27+,28+/m0/s1. The van der Waals surface area contributed by atoms with E-state index < -0.39 is 11.9 Å². The smallest absolute Gasteiger partial charge is 0.370 e. The van der Waals surface area contributed by atoms with Gasteiger partial charge >= 0.3 is 6.18 Å². The van der Waals surface area contributed by atoms with Crippen LogP contribution in [0.5, 0.6) is 0 Å². The Labute approximate surface area is 237 Å². The highest BCUT2D eigenvalue weighted by Gasteiger charge is 2.34. The molecule has 0 amide bonds. The molecule has 1 saturated heterocycles. The van der Waals surface area contributed by atoms with Gasteiger partial charge in [0.1, 0.15) is 0 Å². The first-order valence-corrected chi connectivity index (χ1v) is 14.3. The lowest BCUT2D eigenvalue weighted by Gasteiger charge is -2.40. The number of aromatic nitrogens is 4. The van der Waals surface area contributed by atoms with Gasteiger partial charge in [-0.15, -0.1) is 0 Å². The summed E-state index contributed by atoms with van der Waals surface area (Å²) in [5.74, 6) is 0.662. The molecule has 6 rings (SSSR count). The van der Waals surface area contributed by atoms with Gasteiger partial charge < -0.3 is 15.5 Å². The molecule has 0 unspecified atom stereocenters. The van der Waals surface area contributed by atoms with Crippen LogP contribution in [0.1, 0.15) is 44.2 Å². The van der Waals surface area contributed by atoms with E-state index in [0.717, 1.165) is 61.8 Å². The normalized spacial score (nSPS) is 21.5. The van der Waals surface area contributed by atoms with Crippen molar-refractivity contribution in [2.75, 3.05) is 23.3 Å². The van der Waals surface area contributed by atoms with Crippen LogP contribution < -0.4 is 15.5 Å². The predicted molar refractivity (Wildman–Crippen MR) is 154 cm³/mol. The predicted octanol–water partition coefficient (Wildman–Crippen LogP) is 6.33. The van der Waals surface area contributed by atoms with Crippen LogP contribution >= 0.6 is 0 Å². The van der Waals surface area contributed by atoms with Crippen molar-refractivity contribution < 1.29 is 13.2 Å². The maximum Gasteiger partial charge on any atom is 0.435 e. The van der Waals surface area contributed by atoms with Gasteiger partial charge in [-0.05, 0) is 62.1 Å². The molecule has 2 aromatic carbocycles. The molecule has 0 radical (unpaired) electrons. The number of rotatable bonds is 7. The number of benzene rings is 2. The zero-order valence-corrected chi connectivity index (χ0v) is 22.8. The number of anilines is 2. The number of nitrogens with zero attached hydrogens (tertiary/aromatic N) is 5. The van der Waals surface area contributed by atoms with Crippen LogP contribution in [0.15, 0.2) is 79.1 Å². The summed E-state index contributed by atoms with van der Waals surface area (Å²) in [6, 6.07) is 21.6. The Hall–Kier alpha value is -3.92. The maximum absolute atomic E-state index is 12.9. The number of nitrogens with one attached hydrogen (secondary N) is 2. The third kappa shape index (κ3) is 6.53. The molecule has 1 saturated carbocycles. The van der Waals surface area contributed by atoms with Crippen molar-refractivity contribution >= 4 is 11.6 Å². The molecule has 2 aliphatic rings. The Balaban J connectivity index is 1.09. The van der Waals surface area contributed by atoms with Crippen molar-refractivity contribution in [2.45, 2.75) is 62.8 Å². The van der Waals surface area contributed by atoms with Crippen molar-refractivity contribution in [1.29, 1.82) is 0 Å². The van der Waals surface area contributed by atoms with Gasteiger partial charge in [-0.25, -0.2) is 14.6 Å². The molecule has 41 heavy (non-hydrogen) atoms. The Morgan fingerprint density at radius 2 is 1.56 bits per heavy atom. The topological polar surface area (TPSA) is 70.9 Å². The fraction of sp³-hybridized carbons (Fsp3) is 0.387. The lowest BCUT2D eigenvalue weighted by Crippen LogP contribution is -2.55. The Bertz CT molecular complexity index is 1420. The van der Waals surface area contributed by atoms with Gasteiger partial charge in [0.05, 0.1) is 11.4 Å². The van der Waals surface area contributed by atoms with Crippen LogP contribution in [0.4, 0.5) is 24.8 Å². The number of hydrogen-bond donors (Lipinski definition) is 2. The zero-order chi connectivity index (χ0) is 28.2. The summed E-state index contributed by atoms with van der Waals surface area (Å²) in [7, 11) is 0. The third-order valence-electron chi connectivity index (χ3n) is 8.04. The third-order valence-corrected chi connectivity index (χ3v) is 8.04. The van der Waals surface area contributed by atoms with E-state index in [9.17, 15) is 13.2 Å². The average Bonchev–Trinajstić information content (AvgIpc) is 3.51. The number of halogens is 3. The molecule has 1 aliphatic heterocycles. The van der Waals surface area contributed by atoms with E-state index in [1.807, 2.05) is 54.7 Å². The summed E-state index contributed by atoms with van der Waals surface area (Å²) in [6.45, 7) is 1.83. The van der Waals surface area contributed by atoms with Crippen LogP contribution in [0.2, 0.25) is 0 Å². The van der Waals surface area contributed by atoms with Gasteiger partial charge in [0.15, 0.2) is 5.69 Å². The number of alkyl halides is 3. The fourth-order valence-electron chi connectivity index (χ4n) is 5.95. The van der Waals surface area contributed by atoms with Gasteiger partial charge in [-0.1, -0.05) is 43.2 Å². The highest BCUT2D eigenvalue weighted by molar-refractivity contribution is 5.59. The number of piperidine rings is 1. The summed E-state index contributed by atoms with van der Waals surface area (Å²) >= 11 is 0. The first kappa shape index (κ1) is 27.3. The van der Waals surface area contributed by atoms with Crippen LogP contribution in [0.3, 0.4) is 0 Å². The minimum atomic E-state index is -4.45. The monoisotopic (exact) mass is 561 g/mol. The first-order chi connectivity index (χ1) is 19.9. The van der Waals surface area contributed by atoms with Crippen molar-refractivity contribution in [3.8, 4) is 16.9 Å². The van der Waals surface area contributed by atoms with Crippen molar-refractivity contribution in [2.24, 2.45) is 0 Å². The van der Waals surface area contributed by atoms with E-state index in [2.05, 4.69) is 37.7 Å². The lowest BCUT2D eigenvalue weighted by atomic mass is 9.89. The first-order valence-electron chi connectivity index (χ1n) is 14.3. The average molecular weight is 562 g/mol. The van der Waals surface area contributed by atoms with E-state index in [0.29, 0.717) is 23.7 Å². The van der Waals surface area contributed by atoms with Gasteiger partial charge in [-0.3, -0.25) is 0 Å². The van der Waals surface area contributed by atoms with Gasteiger partial charge in [0.25, 0.3) is 0 Å². The minimum Gasteiger partial charge on any atom is -0.370 e. The van der Waals surface area contributed by atoms with Crippen LogP contribution in [-0.2, 0) is 6.18 Å². The molecule has 3 heterocycles. The highest BCUT2D eigenvalue weighted by Crippen LogP contribution is 2.29. The largest absolute Gasteiger partial charge is 0.435 e.